The third-order valence-corrected chi connectivity index (χ3v) is 3.70. The lowest BCUT2D eigenvalue weighted by Crippen LogP contribution is -2.44. The van der Waals surface area contributed by atoms with Gasteiger partial charge in [0.05, 0.1) is 0 Å². The molecule has 0 atom stereocenters. The Morgan fingerprint density at radius 2 is 1.70 bits per heavy atom. The molecule has 0 aromatic carbocycles. The van der Waals surface area contributed by atoms with Crippen LogP contribution in [-0.2, 0) is 0 Å². The monoisotopic (exact) mass is 300 g/mol. The van der Waals surface area contributed by atoms with Crippen molar-refractivity contribution in [3.05, 3.63) is 5.28 Å². The van der Waals surface area contributed by atoms with E-state index in [-0.39, 0.29) is 10.8 Å². The topological polar surface area (TPSA) is 57.2 Å². The summed E-state index contributed by atoms with van der Waals surface area (Å²) in [4.78, 5) is 16.9. The van der Waals surface area contributed by atoms with E-state index in [4.69, 9.17) is 11.6 Å². The van der Waals surface area contributed by atoms with Crippen LogP contribution in [0.15, 0.2) is 0 Å². The Balaban J connectivity index is 2.86. The average Bonchev–Trinajstić information content (AvgIpc) is 2.37. The molecule has 0 aliphatic rings. The van der Waals surface area contributed by atoms with Gasteiger partial charge in [0, 0.05) is 25.2 Å². The smallest absolute Gasteiger partial charge is 0.231 e. The summed E-state index contributed by atoms with van der Waals surface area (Å²) >= 11 is 5.98. The molecular weight excluding hydrogens is 276 g/mol. The van der Waals surface area contributed by atoms with E-state index in [1.165, 1.54) is 0 Å². The van der Waals surface area contributed by atoms with Crippen molar-refractivity contribution in [2.75, 3.05) is 43.9 Å². The molecule has 20 heavy (non-hydrogen) atoms. The standard InChI is InChI=1S/C13H25ClN6/c1-7-20(8-2)12-17-10(14)16-11(18-12)15-9-13(3,4)19(5)6/h7-9H2,1-6H3,(H,15,16,17,18). The third kappa shape index (κ3) is 4.45. The second-order valence-electron chi connectivity index (χ2n) is 5.46. The number of nitrogens with zero attached hydrogens (tertiary/aromatic N) is 5. The van der Waals surface area contributed by atoms with Gasteiger partial charge in [-0.1, -0.05) is 0 Å². The Hall–Kier alpha value is -1.14. The summed E-state index contributed by atoms with van der Waals surface area (Å²) < 4.78 is 0. The van der Waals surface area contributed by atoms with Gasteiger partial charge in [-0.15, -0.1) is 0 Å². The minimum Gasteiger partial charge on any atom is -0.352 e. The van der Waals surface area contributed by atoms with Crippen molar-refractivity contribution in [3.8, 4) is 0 Å². The van der Waals surface area contributed by atoms with Crippen molar-refractivity contribution >= 4 is 23.5 Å². The van der Waals surface area contributed by atoms with E-state index in [1.807, 2.05) is 19.0 Å². The molecular formula is C13H25ClN6. The molecule has 114 valence electrons. The predicted octanol–water partition coefficient (Wildman–Crippen LogP) is 2.12. The maximum absolute atomic E-state index is 5.98. The maximum Gasteiger partial charge on any atom is 0.231 e. The summed E-state index contributed by atoms with van der Waals surface area (Å²) in [5.74, 6) is 1.13. The van der Waals surface area contributed by atoms with Crippen molar-refractivity contribution in [2.45, 2.75) is 33.2 Å². The Labute approximate surface area is 126 Å². The van der Waals surface area contributed by atoms with Crippen molar-refractivity contribution in [1.29, 1.82) is 0 Å². The molecule has 0 unspecified atom stereocenters. The summed E-state index contributed by atoms with van der Waals surface area (Å²) in [5.41, 5.74) is -0.00549. The molecule has 0 saturated heterocycles. The lowest BCUT2D eigenvalue weighted by Gasteiger charge is -2.32. The van der Waals surface area contributed by atoms with Gasteiger partial charge in [0.15, 0.2) is 0 Å². The van der Waals surface area contributed by atoms with Gasteiger partial charge in [-0.05, 0) is 53.4 Å². The summed E-state index contributed by atoms with van der Waals surface area (Å²) in [7, 11) is 4.09. The van der Waals surface area contributed by atoms with Crippen LogP contribution in [0.4, 0.5) is 11.9 Å². The normalized spacial score (nSPS) is 11.8. The zero-order valence-electron chi connectivity index (χ0n) is 13.2. The number of hydrogen-bond donors (Lipinski definition) is 1. The minimum absolute atomic E-state index is 0.00549. The van der Waals surface area contributed by atoms with Crippen LogP contribution >= 0.6 is 11.6 Å². The van der Waals surface area contributed by atoms with E-state index < -0.39 is 0 Å². The summed E-state index contributed by atoms with van der Waals surface area (Å²) in [6.07, 6.45) is 0. The highest BCUT2D eigenvalue weighted by molar-refractivity contribution is 6.28. The van der Waals surface area contributed by atoms with Crippen LogP contribution in [0.2, 0.25) is 5.28 Å². The van der Waals surface area contributed by atoms with E-state index in [9.17, 15) is 0 Å². The van der Waals surface area contributed by atoms with Gasteiger partial charge >= 0.3 is 0 Å². The fraction of sp³-hybridized carbons (Fsp3) is 0.769. The quantitative estimate of drug-likeness (QED) is 0.832. The molecule has 0 radical (unpaired) electrons. The van der Waals surface area contributed by atoms with Gasteiger partial charge in [-0.2, -0.15) is 15.0 Å². The van der Waals surface area contributed by atoms with Gasteiger partial charge in [-0.3, -0.25) is 0 Å². The number of nitrogens with one attached hydrogen (secondary N) is 1. The SMILES string of the molecule is CCN(CC)c1nc(Cl)nc(NCC(C)(C)N(C)C)n1. The summed E-state index contributed by atoms with van der Waals surface area (Å²) in [5, 5.41) is 3.45. The van der Waals surface area contributed by atoms with Gasteiger partial charge in [-0.25, -0.2) is 0 Å². The first-order valence-corrected chi connectivity index (χ1v) is 7.25. The Bertz CT molecular complexity index is 431. The first-order valence-electron chi connectivity index (χ1n) is 6.88. The second-order valence-corrected chi connectivity index (χ2v) is 5.80. The van der Waals surface area contributed by atoms with Gasteiger partial charge in [0.2, 0.25) is 17.2 Å². The molecule has 7 heteroatoms. The van der Waals surface area contributed by atoms with E-state index in [2.05, 4.69) is 52.9 Å². The molecule has 1 heterocycles. The highest BCUT2D eigenvalue weighted by Crippen LogP contribution is 2.15. The molecule has 0 aliphatic heterocycles. The van der Waals surface area contributed by atoms with Gasteiger partial charge in [0.25, 0.3) is 0 Å². The van der Waals surface area contributed by atoms with Crippen LogP contribution < -0.4 is 10.2 Å². The molecule has 0 spiro atoms. The molecule has 1 aromatic heterocycles. The first kappa shape index (κ1) is 16.9. The van der Waals surface area contributed by atoms with E-state index >= 15 is 0 Å². The number of hydrogen-bond acceptors (Lipinski definition) is 6. The van der Waals surface area contributed by atoms with Crippen LogP contribution in [0.25, 0.3) is 0 Å². The Morgan fingerprint density at radius 1 is 1.10 bits per heavy atom. The molecule has 1 rings (SSSR count). The zero-order valence-corrected chi connectivity index (χ0v) is 14.0. The van der Waals surface area contributed by atoms with Gasteiger partial charge in [0.1, 0.15) is 0 Å². The minimum atomic E-state index is -0.00549. The summed E-state index contributed by atoms with van der Waals surface area (Å²) in [6, 6.07) is 0. The number of rotatable bonds is 7. The molecule has 1 N–H and O–H groups in total. The molecule has 6 nitrogen and oxygen atoms in total. The molecule has 0 amide bonds. The Kier molecular flexibility index (Phi) is 5.95. The van der Waals surface area contributed by atoms with Crippen LogP contribution in [-0.4, -0.2) is 59.1 Å². The van der Waals surface area contributed by atoms with Crippen LogP contribution in [0.1, 0.15) is 27.7 Å². The first-order chi connectivity index (χ1) is 9.30. The lowest BCUT2D eigenvalue weighted by molar-refractivity contribution is 0.209. The maximum atomic E-state index is 5.98. The predicted molar refractivity (Wildman–Crippen MR) is 84.7 cm³/mol. The van der Waals surface area contributed by atoms with Gasteiger partial charge < -0.3 is 15.1 Å². The molecule has 0 saturated carbocycles. The van der Waals surface area contributed by atoms with Crippen molar-refractivity contribution in [3.63, 3.8) is 0 Å². The largest absolute Gasteiger partial charge is 0.352 e. The number of aromatic nitrogens is 3. The average molecular weight is 301 g/mol. The molecule has 0 bridgehead atoms. The molecule has 0 aliphatic carbocycles. The number of halogens is 1. The molecule has 0 fully saturated rings. The van der Waals surface area contributed by atoms with Crippen LogP contribution in [0.3, 0.4) is 0 Å². The highest BCUT2D eigenvalue weighted by atomic mass is 35.5. The van der Waals surface area contributed by atoms with E-state index in [0.29, 0.717) is 11.9 Å². The van der Waals surface area contributed by atoms with Crippen molar-refractivity contribution in [2.24, 2.45) is 0 Å². The fourth-order valence-corrected chi connectivity index (χ4v) is 1.68. The van der Waals surface area contributed by atoms with Crippen molar-refractivity contribution in [1.82, 2.24) is 19.9 Å². The zero-order chi connectivity index (χ0) is 15.3. The van der Waals surface area contributed by atoms with Crippen LogP contribution in [0.5, 0.6) is 0 Å². The second kappa shape index (κ2) is 7.04. The molecule has 1 aromatic rings. The van der Waals surface area contributed by atoms with E-state index in [1.54, 1.807) is 0 Å². The number of anilines is 2. The summed E-state index contributed by atoms with van der Waals surface area (Å²) in [6.45, 7) is 10.8. The van der Waals surface area contributed by atoms with Crippen LogP contribution in [0, 0.1) is 0 Å². The lowest BCUT2D eigenvalue weighted by atomic mass is 10.1. The van der Waals surface area contributed by atoms with E-state index in [0.717, 1.165) is 19.6 Å². The fourth-order valence-electron chi connectivity index (χ4n) is 1.52. The highest BCUT2D eigenvalue weighted by Gasteiger charge is 2.21. The Morgan fingerprint density at radius 3 is 2.20 bits per heavy atom. The number of likely N-dealkylation sites (N-methyl/N-ethyl adjacent to an activating group) is 1. The third-order valence-electron chi connectivity index (χ3n) is 3.53. The van der Waals surface area contributed by atoms with Crippen molar-refractivity contribution < 1.29 is 0 Å².